The molecule has 0 saturated heterocycles. The quantitative estimate of drug-likeness (QED) is 0.549. The van der Waals surface area contributed by atoms with E-state index in [0.717, 1.165) is 19.3 Å². The van der Waals surface area contributed by atoms with Gasteiger partial charge in [0, 0.05) is 12.0 Å². The molecule has 2 aromatic carbocycles. The summed E-state index contributed by atoms with van der Waals surface area (Å²) in [5.74, 6) is 0.915. The number of ether oxygens (including phenoxy) is 3. The molecule has 1 fully saturated rings. The average molecular weight is 454 g/mol. The molecule has 0 unspecified atom stereocenters. The summed E-state index contributed by atoms with van der Waals surface area (Å²) < 4.78 is 16.7. The van der Waals surface area contributed by atoms with E-state index in [0.29, 0.717) is 42.4 Å². The third kappa shape index (κ3) is 6.28. The number of benzene rings is 2. The maximum Gasteiger partial charge on any atom is 0.331 e. The van der Waals surface area contributed by atoms with E-state index in [2.05, 4.69) is 37.4 Å². The van der Waals surface area contributed by atoms with Gasteiger partial charge in [0.2, 0.25) is 0 Å². The summed E-state index contributed by atoms with van der Waals surface area (Å²) in [6, 6.07) is 13.4. The fraction of sp³-hybridized carbons (Fsp3) is 0.481. The molecule has 2 aromatic rings. The Kier molecular flexibility index (Phi) is 8.37. The molecule has 1 N–H and O–H groups in total. The van der Waals surface area contributed by atoms with Crippen molar-refractivity contribution in [3.8, 4) is 11.5 Å². The smallest absolute Gasteiger partial charge is 0.331 e. The Bertz CT molecular complexity index is 963. The van der Waals surface area contributed by atoms with Gasteiger partial charge in [0.25, 0.3) is 5.91 Å². The van der Waals surface area contributed by atoms with Gasteiger partial charge in [-0.2, -0.15) is 0 Å². The summed E-state index contributed by atoms with van der Waals surface area (Å²) in [4.78, 5) is 26.0. The van der Waals surface area contributed by atoms with Crippen LogP contribution in [0.4, 0.5) is 0 Å². The third-order valence-electron chi connectivity index (χ3n) is 6.30. The maximum atomic E-state index is 13.2. The van der Waals surface area contributed by atoms with Crippen molar-refractivity contribution in [2.75, 3.05) is 20.3 Å². The van der Waals surface area contributed by atoms with Crippen LogP contribution in [0.15, 0.2) is 42.5 Å². The van der Waals surface area contributed by atoms with Crippen LogP contribution in [0.2, 0.25) is 0 Å². The largest absolute Gasteiger partial charge is 0.493 e. The number of carbonyl (C=O) groups is 2. The van der Waals surface area contributed by atoms with Crippen LogP contribution in [0.1, 0.15) is 61.0 Å². The molecule has 6 heteroatoms. The first kappa shape index (κ1) is 24.6. The van der Waals surface area contributed by atoms with Gasteiger partial charge in [0.05, 0.1) is 20.3 Å². The van der Waals surface area contributed by atoms with Crippen LogP contribution >= 0.6 is 0 Å². The zero-order valence-electron chi connectivity index (χ0n) is 20.1. The van der Waals surface area contributed by atoms with Gasteiger partial charge < -0.3 is 19.5 Å². The fourth-order valence-corrected chi connectivity index (χ4v) is 4.27. The van der Waals surface area contributed by atoms with Gasteiger partial charge >= 0.3 is 5.97 Å². The number of carbonyl (C=O) groups excluding carboxylic acids is 2. The molecule has 0 aliphatic heterocycles. The van der Waals surface area contributed by atoms with Gasteiger partial charge in [-0.25, -0.2) is 4.79 Å². The molecule has 6 nitrogen and oxygen atoms in total. The number of hydrogen-bond acceptors (Lipinski definition) is 5. The van der Waals surface area contributed by atoms with Crippen LogP contribution in [-0.4, -0.2) is 37.7 Å². The Morgan fingerprint density at radius 1 is 1.09 bits per heavy atom. The lowest BCUT2D eigenvalue weighted by Crippen LogP contribution is -2.57. The van der Waals surface area contributed by atoms with Crippen LogP contribution in [0.25, 0.3) is 0 Å². The molecule has 0 spiro atoms. The predicted molar refractivity (Wildman–Crippen MR) is 128 cm³/mol. The SMILES string of the molecule is CCOC(=O)[C@]1(NC(=O)c2ccc(OC)c(OCCc3cccc(C)c3)c2)CC[C@H](C)CC1. The van der Waals surface area contributed by atoms with Crippen LogP contribution in [-0.2, 0) is 16.0 Å². The maximum absolute atomic E-state index is 13.2. The van der Waals surface area contributed by atoms with Gasteiger partial charge in [-0.05, 0) is 69.2 Å². The molecule has 0 aromatic heterocycles. The lowest BCUT2D eigenvalue weighted by Gasteiger charge is -2.37. The fourth-order valence-electron chi connectivity index (χ4n) is 4.27. The van der Waals surface area contributed by atoms with E-state index in [-0.39, 0.29) is 18.5 Å². The molecule has 0 atom stereocenters. The Labute approximate surface area is 196 Å². The minimum absolute atomic E-state index is 0.285. The second-order valence-electron chi connectivity index (χ2n) is 8.89. The Morgan fingerprint density at radius 3 is 2.52 bits per heavy atom. The van der Waals surface area contributed by atoms with E-state index in [1.54, 1.807) is 32.2 Å². The van der Waals surface area contributed by atoms with Gasteiger partial charge in [-0.3, -0.25) is 4.79 Å². The molecule has 3 rings (SSSR count). The van der Waals surface area contributed by atoms with Crippen molar-refractivity contribution in [3.05, 3.63) is 59.2 Å². The van der Waals surface area contributed by atoms with Gasteiger partial charge in [-0.1, -0.05) is 36.8 Å². The number of hydrogen-bond donors (Lipinski definition) is 1. The summed E-state index contributed by atoms with van der Waals surface area (Å²) >= 11 is 0. The molecule has 0 bridgehead atoms. The second kappa shape index (κ2) is 11.2. The Morgan fingerprint density at radius 2 is 1.85 bits per heavy atom. The van der Waals surface area contributed by atoms with E-state index in [9.17, 15) is 9.59 Å². The summed E-state index contributed by atoms with van der Waals surface area (Å²) in [5, 5.41) is 3.00. The highest BCUT2D eigenvalue weighted by atomic mass is 16.5. The Hall–Kier alpha value is -3.02. The van der Waals surface area contributed by atoms with Crippen LogP contribution < -0.4 is 14.8 Å². The summed E-state index contributed by atoms with van der Waals surface area (Å²) in [5.41, 5.74) is 1.83. The van der Waals surface area contributed by atoms with Gasteiger partial charge in [0.1, 0.15) is 5.54 Å². The van der Waals surface area contributed by atoms with Crippen molar-refractivity contribution in [2.24, 2.45) is 5.92 Å². The molecule has 33 heavy (non-hydrogen) atoms. The normalized spacial score (nSPS) is 20.1. The predicted octanol–water partition coefficient (Wildman–Crippen LogP) is 4.87. The molecule has 1 amide bonds. The summed E-state index contributed by atoms with van der Waals surface area (Å²) in [6.45, 7) is 6.75. The van der Waals surface area contributed by atoms with E-state index < -0.39 is 5.54 Å². The monoisotopic (exact) mass is 453 g/mol. The standard InChI is InChI=1S/C27H35NO5/c1-5-32-26(30)27(14-11-19(2)12-15-27)28-25(29)22-9-10-23(31-4)24(18-22)33-16-13-21-8-6-7-20(3)17-21/h6-10,17-19H,5,11-16H2,1-4H3,(H,28,29)/t19-,27-. The third-order valence-corrected chi connectivity index (χ3v) is 6.30. The van der Waals surface area contributed by atoms with Gasteiger partial charge in [-0.15, -0.1) is 0 Å². The highest BCUT2D eigenvalue weighted by Crippen LogP contribution is 2.34. The van der Waals surface area contributed by atoms with Crippen molar-refractivity contribution in [1.82, 2.24) is 5.32 Å². The first-order chi connectivity index (χ1) is 15.9. The number of amides is 1. The van der Waals surface area contributed by atoms with Crippen molar-refractivity contribution in [3.63, 3.8) is 0 Å². The average Bonchev–Trinajstić information content (AvgIpc) is 2.81. The molecule has 178 valence electrons. The second-order valence-corrected chi connectivity index (χ2v) is 8.89. The van der Waals surface area contributed by atoms with Gasteiger partial charge in [0.15, 0.2) is 11.5 Å². The minimum atomic E-state index is -0.980. The lowest BCUT2D eigenvalue weighted by molar-refractivity contribution is -0.152. The molecular formula is C27H35NO5. The number of methoxy groups -OCH3 is 1. The first-order valence-corrected chi connectivity index (χ1v) is 11.7. The van der Waals surface area contributed by atoms with Crippen molar-refractivity contribution in [2.45, 2.75) is 58.4 Å². The lowest BCUT2D eigenvalue weighted by atomic mass is 9.77. The molecular weight excluding hydrogens is 418 g/mol. The molecule has 1 aliphatic carbocycles. The number of nitrogens with one attached hydrogen (secondary N) is 1. The highest BCUT2D eigenvalue weighted by molar-refractivity contribution is 5.98. The number of aryl methyl sites for hydroxylation is 1. The van der Waals surface area contributed by atoms with E-state index in [4.69, 9.17) is 14.2 Å². The van der Waals surface area contributed by atoms with Crippen LogP contribution in [0, 0.1) is 12.8 Å². The van der Waals surface area contributed by atoms with Crippen LogP contribution in [0.3, 0.4) is 0 Å². The highest BCUT2D eigenvalue weighted by Gasteiger charge is 2.43. The van der Waals surface area contributed by atoms with Crippen molar-refractivity contribution in [1.29, 1.82) is 0 Å². The molecule has 0 radical (unpaired) electrons. The van der Waals surface area contributed by atoms with Crippen molar-refractivity contribution >= 4 is 11.9 Å². The van der Waals surface area contributed by atoms with E-state index in [1.165, 1.54) is 11.1 Å². The zero-order valence-corrected chi connectivity index (χ0v) is 20.1. The minimum Gasteiger partial charge on any atom is -0.493 e. The van der Waals surface area contributed by atoms with E-state index in [1.807, 2.05) is 6.07 Å². The van der Waals surface area contributed by atoms with Crippen LogP contribution in [0.5, 0.6) is 11.5 Å². The Balaban J connectivity index is 1.73. The summed E-state index contributed by atoms with van der Waals surface area (Å²) in [7, 11) is 1.57. The number of esters is 1. The van der Waals surface area contributed by atoms with E-state index >= 15 is 0 Å². The number of rotatable bonds is 9. The zero-order chi connectivity index (χ0) is 23.8. The topological polar surface area (TPSA) is 73.9 Å². The first-order valence-electron chi connectivity index (χ1n) is 11.7. The molecule has 0 heterocycles. The van der Waals surface area contributed by atoms with Crippen molar-refractivity contribution < 1.29 is 23.8 Å². The molecule has 1 saturated carbocycles. The summed E-state index contributed by atoms with van der Waals surface area (Å²) in [6.07, 6.45) is 3.64. The molecule has 1 aliphatic rings.